The van der Waals surface area contributed by atoms with E-state index in [1.807, 2.05) is 0 Å². The Morgan fingerprint density at radius 2 is 2.25 bits per heavy atom. The number of carbonyl (C=O) groups is 1. The van der Waals surface area contributed by atoms with Gasteiger partial charge in [-0.1, -0.05) is 22.9 Å². The second-order valence-corrected chi connectivity index (χ2v) is 8.22. The first-order valence-electron chi connectivity index (χ1n) is 8.51. The molecule has 0 bridgehead atoms. The van der Waals surface area contributed by atoms with Gasteiger partial charge in [-0.3, -0.25) is 4.79 Å². The van der Waals surface area contributed by atoms with Crippen molar-refractivity contribution in [2.45, 2.75) is 37.3 Å². The summed E-state index contributed by atoms with van der Waals surface area (Å²) in [5.41, 5.74) is 6.40. The van der Waals surface area contributed by atoms with E-state index in [-0.39, 0.29) is 27.0 Å². The minimum Gasteiger partial charge on any atom is -0.340 e. The fraction of sp³-hybridized carbons (Fsp3) is 0.353. The lowest BCUT2D eigenvalue weighted by Gasteiger charge is -2.36. The van der Waals surface area contributed by atoms with Crippen molar-refractivity contribution in [3.8, 4) is 11.3 Å². The van der Waals surface area contributed by atoms with E-state index < -0.39 is 29.7 Å². The fourth-order valence-electron chi connectivity index (χ4n) is 3.36. The van der Waals surface area contributed by atoms with E-state index >= 15 is 0 Å². The zero-order chi connectivity index (χ0) is 20.1. The molecule has 4 rings (SSSR count). The molecule has 3 aromatic rings. The number of pyridine rings is 1. The van der Waals surface area contributed by atoms with Gasteiger partial charge >= 0.3 is 0 Å². The number of aromatic nitrogens is 3. The van der Waals surface area contributed by atoms with Crippen LogP contribution in [0.4, 0.5) is 13.2 Å². The van der Waals surface area contributed by atoms with Crippen LogP contribution in [0.5, 0.6) is 0 Å². The fourth-order valence-corrected chi connectivity index (χ4v) is 4.44. The van der Waals surface area contributed by atoms with Crippen molar-refractivity contribution in [1.82, 2.24) is 19.9 Å². The van der Waals surface area contributed by atoms with Crippen molar-refractivity contribution < 1.29 is 18.0 Å². The number of fused-ring (bicyclic) bond motifs is 1. The van der Waals surface area contributed by atoms with Crippen LogP contribution in [0.2, 0.25) is 4.34 Å². The third-order valence-electron chi connectivity index (χ3n) is 4.74. The Hall–Kier alpha value is -2.17. The molecule has 1 aliphatic rings. The van der Waals surface area contributed by atoms with E-state index in [4.69, 9.17) is 17.3 Å². The molecular weight excluding hydrogens is 415 g/mol. The summed E-state index contributed by atoms with van der Waals surface area (Å²) in [6, 6.07) is 0.431. The molecule has 0 radical (unpaired) electrons. The van der Waals surface area contributed by atoms with Crippen LogP contribution in [-0.2, 0) is 0 Å². The third-order valence-corrected chi connectivity index (χ3v) is 6.00. The predicted octanol–water partition coefficient (Wildman–Crippen LogP) is 3.50. The Morgan fingerprint density at radius 3 is 3.00 bits per heavy atom. The molecule has 148 valence electrons. The summed E-state index contributed by atoms with van der Waals surface area (Å²) < 4.78 is 43.9. The minimum absolute atomic E-state index is 0.107. The molecule has 0 unspecified atom stereocenters. The van der Waals surface area contributed by atoms with Gasteiger partial charge in [0.2, 0.25) is 0 Å². The number of nitrogens with zero attached hydrogens (tertiary/aromatic N) is 3. The molecule has 11 heteroatoms. The molecule has 1 fully saturated rings. The summed E-state index contributed by atoms with van der Waals surface area (Å²) in [6.45, 7) is 0. The highest BCUT2D eigenvalue weighted by Crippen LogP contribution is 2.37. The highest BCUT2D eigenvalue weighted by Gasteiger charge is 2.46. The van der Waals surface area contributed by atoms with E-state index in [0.717, 1.165) is 11.3 Å². The summed E-state index contributed by atoms with van der Waals surface area (Å²) in [5.74, 6) is -4.42. The Bertz CT molecular complexity index is 1050. The van der Waals surface area contributed by atoms with Crippen LogP contribution in [0.1, 0.15) is 29.1 Å². The van der Waals surface area contributed by atoms with Crippen LogP contribution in [0.3, 0.4) is 0 Å². The van der Waals surface area contributed by atoms with Crippen LogP contribution in [0, 0.1) is 5.82 Å². The molecule has 2 atom stereocenters. The molecule has 28 heavy (non-hydrogen) atoms. The largest absolute Gasteiger partial charge is 0.340 e. The molecule has 1 aliphatic carbocycles. The maximum Gasteiger partial charge on any atom is 0.280 e. The van der Waals surface area contributed by atoms with Crippen molar-refractivity contribution in [2.75, 3.05) is 0 Å². The van der Waals surface area contributed by atoms with Crippen molar-refractivity contribution in [3.63, 3.8) is 0 Å². The standard InChI is InChI=1S/C17H15ClF3N5OS/c18-14-11(8-7-23-26-6-2-3-9(19)12(8)26)24-16(28-14)15(27)25-13-10(22)4-1-5-17(13,20)21/h2-3,6-7,10,13H,1,4-5,22H2,(H,25,27)/t10-,13-/m1/s1. The van der Waals surface area contributed by atoms with Crippen LogP contribution in [0.25, 0.3) is 16.8 Å². The third kappa shape index (κ3) is 3.25. The summed E-state index contributed by atoms with van der Waals surface area (Å²) >= 11 is 7.03. The first-order chi connectivity index (χ1) is 13.3. The number of nitrogens with one attached hydrogen (secondary N) is 1. The molecular formula is C17H15ClF3N5OS. The Morgan fingerprint density at radius 1 is 1.46 bits per heavy atom. The van der Waals surface area contributed by atoms with Gasteiger partial charge in [-0.2, -0.15) is 5.10 Å². The van der Waals surface area contributed by atoms with E-state index in [1.54, 1.807) is 6.20 Å². The number of carbonyl (C=O) groups excluding carboxylic acids is 1. The average Bonchev–Trinajstić information content (AvgIpc) is 3.22. The van der Waals surface area contributed by atoms with Gasteiger partial charge in [0.1, 0.15) is 27.4 Å². The number of hydrogen-bond acceptors (Lipinski definition) is 5. The Labute approximate surface area is 166 Å². The summed E-state index contributed by atoms with van der Waals surface area (Å²) in [7, 11) is 0. The molecule has 3 aromatic heterocycles. The molecule has 3 heterocycles. The van der Waals surface area contributed by atoms with Crippen molar-refractivity contribution >= 4 is 34.4 Å². The smallest absolute Gasteiger partial charge is 0.280 e. The zero-order valence-corrected chi connectivity index (χ0v) is 15.9. The number of halogens is 4. The number of thiazole rings is 1. The summed E-state index contributed by atoms with van der Waals surface area (Å²) in [5, 5.41) is 6.22. The molecule has 1 amide bonds. The first-order valence-corrected chi connectivity index (χ1v) is 9.70. The maximum absolute atomic E-state index is 14.2. The lowest BCUT2D eigenvalue weighted by atomic mass is 9.87. The van der Waals surface area contributed by atoms with E-state index in [0.29, 0.717) is 18.4 Å². The normalized spacial score (nSPS) is 21.8. The molecule has 0 saturated heterocycles. The van der Waals surface area contributed by atoms with Gasteiger partial charge in [-0.25, -0.2) is 22.7 Å². The van der Waals surface area contributed by atoms with Crippen molar-refractivity contribution in [2.24, 2.45) is 5.73 Å². The van der Waals surface area contributed by atoms with Crippen LogP contribution in [-0.4, -0.2) is 38.5 Å². The van der Waals surface area contributed by atoms with Gasteiger partial charge in [-0.15, -0.1) is 0 Å². The number of hydrogen-bond donors (Lipinski definition) is 2. The Kier molecular flexibility index (Phi) is 4.80. The monoisotopic (exact) mass is 429 g/mol. The highest BCUT2D eigenvalue weighted by atomic mass is 35.5. The molecule has 0 spiro atoms. The molecule has 0 aromatic carbocycles. The number of amides is 1. The van der Waals surface area contributed by atoms with Gasteiger partial charge < -0.3 is 11.1 Å². The van der Waals surface area contributed by atoms with Gasteiger partial charge in [-0.05, 0) is 25.0 Å². The second kappa shape index (κ2) is 7.02. The molecule has 3 N–H and O–H groups in total. The van der Waals surface area contributed by atoms with Crippen molar-refractivity contribution in [1.29, 1.82) is 0 Å². The first kappa shape index (κ1) is 19.2. The number of alkyl halides is 2. The van der Waals surface area contributed by atoms with Gasteiger partial charge in [0.15, 0.2) is 5.01 Å². The summed E-state index contributed by atoms with van der Waals surface area (Å²) in [6.07, 6.45) is 3.30. The molecule has 0 aliphatic heterocycles. The topological polar surface area (TPSA) is 85.3 Å². The van der Waals surface area contributed by atoms with Gasteiger partial charge in [0.05, 0.1) is 11.8 Å². The number of nitrogens with two attached hydrogens (primary N) is 1. The maximum atomic E-state index is 14.2. The van der Waals surface area contributed by atoms with Crippen molar-refractivity contribution in [3.05, 3.63) is 39.7 Å². The zero-order valence-electron chi connectivity index (χ0n) is 14.3. The quantitative estimate of drug-likeness (QED) is 0.667. The van der Waals surface area contributed by atoms with E-state index in [2.05, 4.69) is 15.4 Å². The minimum atomic E-state index is -3.09. The second-order valence-electron chi connectivity index (χ2n) is 6.62. The molecule has 1 saturated carbocycles. The number of rotatable bonds is 3. The van der Waals surface area contributed by atoms with Gasteiger partial charge in [0, 0.05) is 18.7 Å². The highest BCUT2D eigenvalue weighted by molar-refractivity contribution is 7.18. The lowest BCUT2D eigenvalue weighted by Crippen LogP contribution is -2.59. The average molecular weight is 430 g/mol. The van der Waals surface area contributed by atoms with Crippen LogP contribution < -0.4 is 11.1 Å². The summed E-state index contributed by atoms with van der Waals surface area (Å²) in [4.78, 5) is 16.7. The van der Waals surface area contributed by atoms with Crippen LogP contribution in [0.15, 0.2) is 24.5 Å². The Balaban J connectivity index is 1.65. The lowest BCUT2D eigenvalue weighted by molar-refractivity contribution is -0.0674. The van der Waals surface area contributed by atoms with E-state index in [1.165, 1.54) is 22.8 Å². The molecule has 6 nitrogen and oxygen atoms in total. The van der Waals surface area contributed by atoms with E-state index in [9.17, 15) is 18.0 Å². The predicted molar refractivity (Wildman–Crippen MR) is 99.3 cm³/mol. The van der Waals surface area contributed by atoms with Crippen LogP contribution >= 0.6 is 22.9 Å². The SMILES string of the molecule is N[C@@H]1CCCC(F)(F)[C@@H]1NC(=O)c1nc(-c2cnn3cccc(F)c23)c(Cl)s1. The van der Waals surface area contributed by atoms with Gasteiger partial charge in [0.25, 0.3) is 11.8 Å².